The summed E-state index contributed by atoms with van der Waals surface area (Å²) in [6.07, 6.45) is 2.86. The van der Waals surface area contributed by atoms with Gasteiger partial charge in [0.25, 0.3) is 0 Å². The highest BCUT2D eigenvalue weighted by atomic mass is 32.1. The van der Waals surface area contributed by atoms with Gasteiger partial charge in [0.05, 0.1) is 6.10 Å². The molecule has 1 fully saturated rings. The third kappa shape index (κ3) is 4.73. The molecule has 1 aromatic heterocycles. The molecule has 2 heterocycles. The van der Waals surface area contributed by atoms with Crippen LogP contribution in [0.4, 0.5) is 9.93 Å². The molecule has 0 aliphatic carbocycles. The Labute approximate surface area is 123 Å². The maximum absolute atomic E-state index is 11.8. The van der Waals surface area contributed by atoms with Crippen LogP contribution >= 0.6 is 11.3 Å². The molecule has 1 saturated heterocycles. The number of nitrogens with zero attached hydrogens (tertiary/aromatic N) is 1. The first-order valence-corrected chi connectivity index (χ1v) is 7.79. The summed E-state index contributed by atoms with van der Waals surface area (Å²) in [5.41, 5.74) is 0. The van der Waals surface area contributed by atoms with Crippen LogP contribution in [0.25, 0.3) is 0 Å². The lowest BCUT2D eigenvalue weighted by atomic mass is 10.2. The van der Waals surface area contributed by atoms with Crippen LogP contribution in [0.3, 0.4) is 0 Å². The lowest BCUT2D eigenvalue weighted by Crippen LogP contribution is -2.40. The molecule has 0 saturated carbocycles. The largest absolute Gasteiger partial charge is 0.375 e. The normalized spacial score (nSPS) is 19.6. The van der Waals surface area contributed by atoms with Crippen molar-refractivity contribution >= 4 is 22.5 Å². The van der Waals surface area contributed by atoms with E-state index in [4.69, 9.17) is 4.74 Å². The number of carbonyl (C=O) groups is 1. The fourth-order valence-corrected chi connectivity index (χ4v) is 2.67. The first-order valence-electron chi connectivity index (χ1n) is 6.98. The quantitative estimate of drug-likeness (QED) is 0.792. The van der Waals surface area contributed by atoms with Gasteiger partial charge in [-0.1, -0.05) is 13.8 Å². The van der Waals surface area contributed by atoms with Crippen molar-refractivity contribution in [1.29, 1.82) is 0 Å². The maximum atomic E-state index is 11.8. The molecule has 1 unspecified atom stereocenters. The second kappa shape index (κ2) is 7.56. The zero-order valence-corrected chi connectivity index (χ0v) is 12.8. The Morgan fingerprint density at radius 3 is 3.25 bits per heavy atom. The highest BCUT2D eigenvalue weighted by Gasteiger charge is 2.14. The van der Waals surface area contributed by atoms with Crippen molar-refractivity contribution in [3.8, 4) is 0 Å². The van der Waals surface area contributed by atoms with Crippen LogP contribution in [-0.4, -0.2) is 43.4 Å². The molecule has 0 aromatic carbocycles. The summed E-state index contributed by atoms with van der Waals surface area (Å²) < 4.78 is 5.62. The van der Waals surface area contributed by atoms with Crippen molar-refractivity contribution in [3.05, 3.63) is 11.1 Å². The fraction of sp³-hybridized carbons (Fsp3) is 0.692. The van der Waals surface area contributed by atoms with Gasteiger partial charge in [0, 0.05) is 30.8 Å². The number of hydrogen-bond donors (Lipinski definition) is 3. The van der Waals surface area contributed by atoms with Crippen molar-refractivity contribution < 1.29 is 9.53 Å². The summed E-state index contributed by atoms with van der Waals surface area (Å²) in [6.45, 7) is 7.20. The molecule has 2 amide bonds. The minimum Gasteiger partial charge on any atom is -0.375 e. The van der Waals surface area contributed by atoms with Crippen LogP contribution in [-0.2, 0) is 4.74 Å². The Kier molecular flexibility index (Phi) is 5.75. The van der Waals surface area contributed by atoms with Crippen molar-refractivity contribution in [2.45, 2.75) is 32.3 Å². The van der Waals surface area contributed by atoms with E-state index in [-0.39, 0.29) is 12.1 Å². The molecule has 20 heavy (non-hydrogen) atoms. The van der Waals surface area contributed by atoms with Crippen molar-refractivity contribution in [2.75, 3.05) is 31.6 Å². The van der Waals surface area contributed by atoms with Gasteiger partial charge in [0.1, 0.15) is 0 Å². The van der Waals surface area contributed by atoms with E-state index >= 15 is 0 Å². The lowest BCUT2D eigenvalue weighted by Gasteiger charge is -2.15. The van der Waals surface area contributed by atoms with Gasteiger partial charge in [0.2, 0.25) is 0 Å². The van der Waals surface area contributed by atoms with Gasteiger partial charge in [-0.2, -0.15) is 0 Å². The molecular weight excluding hydrogens is 276 g/mol. The summed E-state index contributed by atoms with van der Waals surface area (Å²) >= 11 is 1.51. The maximum Gasteiger partial charge on any atom is 0.321 e. The molecule has 1 atom stereocenters. The number of urea groups is 1. The van der Waals surface area contributed by atoms with Gasteiger partial charge in [-0.15, -0.1) is 11.3 Å². The van der Waals surface area contributed by atoms with E-state index in [1.807, 2.05) is 6.20 Å². The molecule has 112 valence electrons. The van der Waals surface area contributed by atoms with Gasteiger partial charge in [-0.25, -0.2) is 9.78 Å². The minimum absolute atomic E-state index is 0.0331. The summed E-state index contributed by atoms with van der Waals surface area (Å²) in [5.74, 6) is 0.427. The van der Waals surface area contributed by atoms with Crippen LogP contribution < -0.4 is 16.0 Å². The first-order chi connectivity index (χ1) is 9.65. The molecule has 7 heteroatoms. The molecule has 1 aliphatic heterocycles. The number of nitrogens with one attached hydrogen (secondary N) is 3. The molecule has 1 aliphatic rings. The molecule has 0 bridgehead atoms. The van der Waals surface area contributed by atoms with Crippen LogP contribution in [0, 0.1) is 0 Å². The van der Waals surface area contributed by atoms with Crippen LogP contribution in [0.5, 0.6) is 0 Å². The average molecular weight is 298 g/mol. The van der Waals surface area contributed by atoms with E-state index in [1.165, 1.54) is 11.3 Å². The fourth-order valence-electron chi connectivity index (χ4n) is 1.86. The predicted molar refractivity (Wildman–Crippen MR) is 80.5 cm³/mol. The third-order valence-electron chi connectivity index (χ3n) is 3.03. The van der Waals surface area contributed by atoms with E-state index in [2.05, 4.69) is 34.8 Å². The van der Waals surface area contributed by atoms with Gasteiger partial charge < -0.3 is 15.4 Å². The Hall–Kier alpha value is -1.18. The van der Waals surface area contributed by atoms with Gasteiger partial charge in [0.15, 0.2) is 5.13 Å². The smallest absolute Gasteiger partial charge is 0.321 e. The van der Waals surface area contributed by atoms with Crippen molar-refractivity contribution in [1.82, 2.24) is 15.6 Å². The number of aromatic nitrogens is 1. The molecule has 0 radical (unpaired) electrons. The summed E-state index contributed by atoms with van der Waals surface area (Å²) in [7, 11) is 0. The summed E-state index contributed by atoms with van der Waals surface area (Å²) in [5, 5.41) is 9.48. The standard InChI is InChI=1S/C13H22N4O2S/c1-9(2)11-8-16-13(20-11)17-12(18)15-7-10-6-14-4-3-5-19-10/h8-10,14H,3-7H2,1-2H3,(H2,15,16,17,18). The Bertz CT molecular complexity index is 428. The average Bonchev–Trinajstić information content (AvgIpc) is 2.72. The number of rotatable bonds is 4. The number of ether oxygens (including phenoxy) is 1. The first kappa shape index (κ1) is 15.2. The number of thiazole rings is 1. The van der Waals surface area contributed by atoms with Crippen molar-refractivity contribution in [3.63, 3.8) is 0 Å². The van der Waals surface area contributed by atoms with Crippen LogP contribution in [0.15, 0.2) is 6.20 Å². The second-order valence-electron chi connectivity index (χ2n) is 5.11. The Morgan fingerprint density at radius 2 is 2.50 bits per heavy atom. The molecule has 3 N–H and O–H groups in total. The zero-order valence-electron chi connectivity index (χ0n) is 11.9. The van der Waals surface area contributed by atoms with Gasteiger partial charge >= 0.3 is 6.03 Å². The SMILES string of the molecule is CC(C)c1cnc(NC(=O)NCC2CNCCCO2)s1. The Balaban J connectivity index is 1.74. The van der Waals surface area contributed by atoms with E-state index in [0.717, 1.165) is 31.0 Å². The zero-order chi connectivity index (χ0) is 14.4. The topological polar surface area (TPSA) is 75.3 Å². The molecular formula is C13H22N4O2S. The summed E-state index contributed by atoms with van der Waals surface area (Å²) in [6, 6.07) is -0.234. The molecule has 2 rings (SSSR count). The summed E-state index contributed by atoms with van der Waals surface area (Å²) in [4.78, 5) is 17.1. The Morgan fingerprint density at radius 1 is 1.65 bits per heavy atom. The van der Waals surface area contributed by atoms with Crippen LogP contribution in [0.1, 0.15) is 31.1 Å². The molecule has 1 aromatic rings. The monoisotopic (exact) mass is 298 g/mol. The number of carbonyl (C=O) groups excluding carboxylic acids is 1. The molecule has 0 spiro atoms. The number of hydrogen-bond acceptors (Lipinski definition) is 5. The molecule has 6 nitrogen and oxygen atoms in total. The lowest BCUT2D eigenvalue weighted by molar-refractivity contribution is 0.0689. The minimum atomic E-state index is -0.234. The van der Waals surface area contributed by atoms with E-state index < -0.39 is 0 Å². The van der Waals surface area contributed by atoms with E-state index in [0.29, 0.717) is 17.6 Å². The van der Waals surface area contributed by atoms with Crippen molar-refractivity contribution in [2.24, 2.45) is 0 Å². The second-order valence-corrected chi connectivity index (χ2v) is 6.17. The predicted octanol–water partition coefficient (Wildman–Crippen LogP) is 1.77. The highest BCUT2D eigenvalue weighted by Crippen LogP contribution is 2.24. The number of amides is 2. The highest BCUT2D eigenvalue weighted by molar-refractivity contribution is 7.15. The van der Waals surface area contributed by atoms with Crippen LogP contribution in [0.2, 0.25) is 0 Å². The third-order valence-corrected chi connectivity index (χ3v) is 4.24. The number of anilines is 1. The van der Waals surface area contributed by atoms with E-state index in [1.54, 1.807) is 0 Å². The van der Waals surface area contributed by atoms with E-state index in [9.17, 15) is 4.79 Å². The van der Waals surface area contributed by atoms with Gasteiger partial charge in [-0.05, 0) is 18.9 Å². The van der Waals surface area contributed by atoms with Gasteiger partial charge in [-0.3, -0.25) is 5.32 Å².